The minimum Gasteiger partial charge on any atom is -0.497 e. The number of carbonyl (C=O) groups excluding carboxylic acids is 1. The van der Waals surface area contributed by atoms with Gasteiger partial charge in [-0.15, -0.1) is 0 Å². The Bertz CT molecular complexity index is 684. The van der Waals surface area contributed by atoms with Crippen LogP contribution in [0, 0.1) is 11.3 Å². The molecule has 0 fully saturated rings. The number of hydrogen-bond acceptors (Lipinski definition) is 5. The molecule has 0 unspecified atom stereocenters. The molecule has 0 aromatic rings. The highest BCUT2D eigenvalue weighted by Gasteiger charge is 2.12. The highest BCUT2D eigenvalue weighted by atomic mass is 32.2. The second-order valence-corrected chi connectivity index (χ2v) is 6.80. The second-order valence-electron chi connectivity index (χ2n) is 5.60. The number of thiocarbonyl (C=S) groups is 1. The van der Waals surface area contributed by atoms with Crippen LogP contribution in [0.2, 0.25) is 0 Å². The van der Waals surface area contributed by atoms with Gasteiger partial charge in [0.25, 0.3) is 0 Å². The Kier molecular flexibility index (Phi) is 10.4. The fourth-order valence-electron chi connectivity index (χ4n) is 2.19. The smallest absolute Gasteiger partial charge is 0.230 e. The van der Waals surface area contributed by atoms with Crippen molar-refractivity contribution in [1.82, 2.24) is 4.90 Å². The molecule has 0 aliphatic heterocycles. The molecule has 6 heteroatoms. The molecule has 0 saturated carbocycles. The summed E-state index contributed by atoms with van der Waals surface area (Å²) in [6, 6.07) is 1.97. The standard InChI is InChI=1S/C20H24N2O2S2/c1-16(14-21)4-5-17(2)18-6-8-19(9-7-18)24-12-10-20(23)22(15-25)11-13-26-3/h4-6,8,15H,1-2,7,9-13H2,3H3/b5-4-. The Hall–Kier alpha value is -2.10. The van der Waals surface area contributed by atoms with Crippen LogP contribution in [-0.2, 0) is 9.53 Å². The van der Waals surface area contributed by atoms with E-state index in [1.54, 1.807) is 28.8 Å². The molecule has 0 radical (unpaired) electrons. The van der Waals surface area contributed by atoms with Gasteiger partial charge in [0.05, 0.1) is 30.3 Å². The number of thioether (sulfide) groups is 1. The lowest BCUT2D eigenvalue weighted by molar-refractivity contribution is -0.127. The van der Waals surface area contributed by atoms with Gasteiger partial charge in [-0.25, -0.2) is 0 Å². The van der Waals surface area contributed by atoms with Gasteiger partial charge in [0, 0.05) is 24.3 Å². The van der Waals surface area contributed by atoms with Gasteiger partial charge in [-0.1, -0.05) is 37.5 Å². The molecule has 0 saturated heterocycles. The van der Waals surface area contributed by atoms with Crippen LogP contribution < -0.4 is 0 Å². The number of amides is 1. The predicted molar refractivity (Wildman–Crippen MR) is 113 cm³/mol. The molecule has 0 heterocycles. The molecule has 1 amide bonds. The van der Waals surface area contributed by atoms with Crippen molar-refractivity contribution in [2.45, 2.75) is 19.3 Å². The molecule has 138 valence electrons. The molecule has 1 aliphatic rings. The first kappa shape index (κ1) is 21.9. The Labute approximate surface area is 165 Å². The summed E-state index contributed by atoms with van der Waals surface area (Å²) < 4.78 is 5.71. The van der Waals surface area contributed by atoms with Crippen molar-refractivity contribution in [2.24, 2.45) is 0 Å². The van der Waals surface area contributed by atoms with Crippen molar-refractivity contribution in [3.05, 3.63) is 59.9 Å². The van der Waals surface area contributed by atoms with Crippen LogP contribution in [0.15, 0.2) is 59.9 Å². The van der Waals surface area contributed by atoms with E-state index in [0.717, 1.165) is 35.5 Å². The van der Waals surface area contributed by atoms with Crippen LogP contribution in [0.25, 0.3) is 0 Å². The highest BCUT2D eigenvalue weighted by molar-refractivity contribution is 7.98. The maximum absolute atomic E-state index is 12.1. The average Bonchev–Trinajstić information content (AvgIpc) is 2.66. The number of rotatable bonds is 11. The topological polar surface area (TPSA) is 53.3 Å². The van der Waals surface area contributed by atoms with E-state index in [4.69, 9.17) is 22.2 Å². The lowest BCUT2D eigenvalue weighted by Crippen LogP contribution is -2.31. The van der Waals surface area contributed by atoms with Gasteiger partial charge < -0.3 is 9.64 Å². The van der Waals surface area contributed by atoms with Crippen molar-refractivity contribution in [3.8, 4) is 6.07 Å². The number of hydrogen-bond donors (Lipinski definition) is 0. The van der Waals surface area contributed by atoms with Crippen LogP contribution in [0.1, 0.15) is 19.3 Å². The van der Waals surface area contributed by atoms with Crippen LogP contribution in [-0.4, -0.2) is 41.5 Å². The van der Waals surface area contributed by atoms with E-state index in [1.165, 1.54) is 5.49 Å². The van der Waals surface area contributed by atoms with Gasteiger partial charge in [-0.2, -0.15) is 17.0 Å². The summed E-state index contributed by atoms with van der Waals surface area (Å²) in [6.45, 7) is 8.59. The predicted octanol–water partition coefficient (Wildman–Crippen LogP) is 4.34. The quantitative estimate of drug-likeness (QED) is 0.299. The fraction of sp³-hybridized carbons (Fsp3) is 0.350. The van der Waals surface area contributed by atoms with Gasteiger partial charge >= 0.3 is 0 Å². The van der Waals surface area contributed by atoms with Gasteiger partial charge in [-0.3, -0.25) is 4.79 Å². The zero-order chi connectivity index (χ0) is 19.4. The van der Waals surface area contributed by atoms with E-state index < -0.39 is 0 Å². The molecule has 4 nitrogen and oxygen atoms in total. The summed E-state index contributed by atoms with van der Waals surface area (Å²) in [5, 5.41) is 8.70. The Morgan fingerprint density at radius 2 is 2.19 bits per heavy atom. The molecular weight excluding hydrogens is 364 g/mol. The van der Waals surface area contributed by atoms with Gasteiger partial charge in [0.2, 0.25) is 5.91 Å². The fourth-order valence-corrected chi connectivity index (χ4v) is 2.79. The van der Waals surface area contributed by atoms with Crippen LogP contribution in [0.4, 0.5) is 0 Å². The SMILES string of the molecule is C=C(C#N)/C=C\C(=C)C1=CC=C(OCCC(=O)N(C=S)CCSC)CC1. The molecule has 26 heavy (non-hydrogen) atoms. The van der Waals surface area contributed by atoms with E-state index in [-0.39, 0.29) is 5.91 Å². The lowest BCUT2D eigenvalue weighted by atomic mass is 9.97. The van der Waals surface area contributed by atoms with Gasteiger partial charge in [0.1, 0.15) is 0 Å². The second kappa shape index (κ2) is 12.3. The van der Waals surface area contributed by atoms with E-state index in [2.05, 4.69) is 13.2 Å². The number of nitriles is 1. The minimum absolute atomic E-state index is 0.0158. The summed E-state index contributed by atoms with van der Waals surface area (Å²) >= 11 is 6.57. The molecule has 0 aromatic carbocycles. The zero-order valence-corrected chi connectivity index (χ0v) is 16.7. The summed E-state index contributed by atoms with van der Waals surface area (Å²) in [6.07, 6.45) is 11.2. The van der Waals surface area contributed by atoms with Crippen LogP contribution >= 0.6 is 24.0 Å². The van der Waals surface area contributed by atoms with E-state index in [9.17, 15) is 4.79 Å². The number of carbonyl (C=O) groups is 1. The summed E-state index contributed by atoms with van der Waals surface area (Å²) in [5.74, 6) is 1.70. The Balaban J connectivity index is 2.46. The Morgan fingerprint density at radius 3 is 2.77 bits per heavy atom. The van der Waals surface area contributed by atoms with Crippen LogP contribution in [0.5, 0.6) is 0 Å². The van der Waals surface area contributed by atoms with Crippen molar-refractivity contribution in [2.75, 3.05) is 25.2 Å². The van der Waals surface area contributed by atoms with Crippen molar-refractivity contribution < 1.29 is 9.53 Å². The zero-order valence-electron chi connectivity index (χ0n) is 15.1. The van der Waals surface area contributed by atoms with Crippen molar-refractivity contribution in [3.63, 3.8) is 0 Å². The molecule has 1 rings (SSSR count). The largest absolute Gasteiger partial charge is 0.497 e. The highest BCUT2D eigenvalue weighted by Crippen LogP contribution is 2.24. The van der Waals surface area contributed by atoms with E-state index in [0.29, 0.717) is 25.1 Å². The summed E-state index contributed by atoms with van der Waals surface area (Å²) in [5.41, 5.74) is 3.76. The van der Waals surface area contributed by atoms with E-state index in [1.807, 2.05) is 24.5 Å². The first-order chi connectivity index (χ1) is 12.5. The third kappa shape index (κ3) is 7.85. The van der Waals surface area contributed by atoms with Crippen molar-refractivity contribution in [1.29, 1.82) is 5.26 Å². The van der Waals surface area contributed by atoms with E-state index >= 15 is 0 Å². The molecule has 0 bridgehead atoms. The third-order valence-electron chi connectivity index (χ3n) is 3.74. The first-order valence-electron chi connectivity index (χ1n) is 8.24. The maximum Gasteiger partial charge on any atom is 0.230 e. The monoisotopic (exact) mass is 388 g/mol. The molecule has 0 spiro atoms. The van der Waals surface area contributed by atoms with Crippen molar-refractivity contribution >= 4 is 35.4 Å². The first-order valence-corrected chi connectivity index (χ1v) is 10.1. The number of ether oxygens (including phenoxy) is 1. The Morgan fingerprint density at radius 1 is 1.42 bits per heavy atom. The van der Waals surface area contributed by atoms with Gasteiger partial charge in [-0.05, 0) is 36.0 Å². The summed E-state index contributed by atoms with van der Waals surface area (Å²) in [4.78, 5) is 13.6. The maximum atomic E-state index is 12.1. The lowest BCUT2D eigenvalue weighted by Gasteiger charge is -2.18. The van der Waals surface area contributed by atoms with Crippen LogP contribution in [0.3, 0.4) is 0 Å². The minimum atomic E-state index is -0.0158. The third-order valence-corrected chi connectivity index (χ3v) is 4.59. The molecule has 0 N–H and O–H groups in total. The molecule has 0 atom stereocenters. The molecule has 1 aliphatic carbocycles. The summed E-state index contributed by atoms with van der Waals surface area (Å²) in [7, 11) is 0. The average molecular weight is 389 g/mol. The normalized spacial score (nSPS) is 13.4. The molecule has 0 aromatic heterocycles. The number of allylic oxidation sites excluding steroid dienone is 8. The van der Waals surface area contributed by atoms with Gasteiger partial charge in [0.15, 0.2) is 0 Å². The molecular formula is C20H24N2O2S2. The number of nitrogens with zero attached hydrogens (tertiary/aromatic N) is 2.